The summed E-state index contributed by atoms with van der Waals surface area (Å²) >= 11 is 0. The molecule has 0 saturated heterocycles. The minimum atomic E-state index is 0.355. The molecule has 58 valence electrons. The van der Waals surface area contributed by atoms with Crippen molar-refractivity contribution in [2.45, 2.75) is 33.6 Å². The summed E-state index contributed by atoms with van der Waals surface area (Å²) in [4.78, 5) is 10.7. The van der Waals surface area contributed by atoms with Gasteiger partial charge in [-0.3, -0.25) is 0 Å². The highest BCUT2D eigenvalue weighted by molar-refractivity contribution is 5.76. The average molecular weight is 140 g/mol. The summed E-state index contributed by atoms with van der Waals surface area (Å²) in [7, 11) is 0. The Morgan fingerprint density at radius 3 is 2.50 bits per heavy atom. The molecule has 1 nitrogen and oxygen atoms in total. The van der Waals surface area contributed by atoms with Gasteiger partial charge >= 0.3 is 0 Å². The Bertz CT molecular complexity index is 138. The van der Waals surface area contributed by atoms with Crippen molar-refractivity contribution in [2.24, 2.45) is 17.8 Å². The normalized spacial score (nSPS) is 30.8. The maximum absolute atomic E-state index is 10.7. The lowest BCUT2D eigenvalue weighted by Gasteiger charge is -2.00. The fraction of sp³-hybridized carbons (Fsp3) is 0.889. The van der Waals surface area contributed by atoms with E-state index in [2.05, 4.69) is 13.8 Å². The Morgan fingerprint density at radius 1 is 1.60 bits per heavy atom. The van der Waals surface area contributed by atoms with Gasteiger partial charge in [0.1, 0.15) is 5.78 Å². The van der Waals surface area contributed by atoms with Crippen LogP contribution >= 0.6 is 0 Å². The Hall–Kier alpha value is -0.330. The molecule has 1 fully saturated rings. The number of Topliss-reactive ketones (excluding diaryl/α,β-unsaturated/α-hetero) is 1. The fourth-order valence-electron chi connectivity index (χ4n) is 1.69. The molecule has 0 aromatic rings. The van der Waals surface area contributed by atoms with Crippen molar-refractivity contribution in [3.63, 3.8) is 0 Å². The van der Waals surface area contributed by atoms with Crippen LogP contribution in [0, 0.1) is 17.8 Å². The Labute approximate surface area is 62.8 Å². The second-order valence-corrected chi connectivity index (χ2v) is 3.81. The van der Waals surface area contributed by atoms with Gasteiger partial charge in [0.15, 0.2) is 0 Å². The molecule has 0 aromatic carbocycles. The number of hydrogen-bond acceptors (Lipinski definition) is 1. The summed E-state index contributed by atoms with van der Waals surface area (Å²) in [6, 6.07) is 0. The van der Waals surface area contributed by atoms with Crippen LogP contribution in [0.1, 0.15) is 33.6 Å². The first-order valence-electron chi connectivity index (χ1n) is 4.10. The summed E-state index contributed by atoms with van der Waals surface area (Å²) in [5, 5.41) is 0. The lowest BCUT2D eigenvalue weighted by atomic mass is 10.1. The molecule has 0 amide bonds. The van der Waals surface area contributed by atoms with Crippen molar-refractivity contribution < 1.29 is 4.79 Å². The molecular weight excluding hydrogens is 124 g/mol. The molecule has 0 heterocycles. The van der Waals surface area contributed by atoms with E-state index in [1.807, 2.05) is 0 Å². The molecule has 0 aliphatic heterocycles. The molecular formula is C9H16O. The average Bonchev–Trinajstić information content (AvgIpc) is 2.43. The molecule has 0 radical (unpaired) electrons. The zero-order valence-corrected chi connectivity index (χ0v) is 7.05. The van der Waals surface area contributed by atoms with Gasteiger partial charge in [0.05, 0.1) is 0 Å². The van der Waals surface area contributed by atoms with E-state index in [1.165, 1.54) is 6.42 Å². The summed E-state index contributed by atoms with van der Waals surface area (Å²) < 4.78 is 0. The highest BCUT2D eigenvalue weighted by Gasteiger charge is 2.39. The number of ketones is 1. The van der Waals surface area contributed by atoms with Crippen LogP contribution in [0.15, 0.2) is 0 Å². The molecule has 1 saturated carbocycles. The number of carbonyl (C=O) groups excluding carboxylic acids is 1. The van der Waals surface area contributed by atoms with Crippen molar-refractivity contribution in [1.29, 1.82) is 0 Å². The minimum Gasteiger partial charge on any atom is -0.300 e. The number of hydrogen-bond donors (Lipinski definition) is 0. The lowest BCUT2D eigenvalue weighted by molar-refractivity contribution is -0.117. The topological polar surface area (TPSA) is 17.1 Å². The second-order valence-electron chi connectivity index (χ2n) is 3.81. The molecule has 0 spiro atoms. The van der Waals surface area contributed by atoms with Crippen molar-refractivity contribution in [2.75, 3.05) is 0 Å². The van der Waals surface area contributed by atoms with Gasteiger partial charge in [-0.15, -0.1) is 0 Å². The number of carbonyl (C=O) groups is 1. The maximum Gasteiger partial charge on any atom is 0.130 e. The molecule has 2 atom stereocenters. The van der Waals surface area contributed by atoms with Crippen LogP contribution in [0.25, 0.3) is 0 Å². The van der Waals surface area contributed by atoms with Gasteiger partial charge in [0.25, 0.3) is 0 Å². The molecule has 1 aliphatic rings. The largest absolute Gasteiger partial charge is 0.300 e. The molecule has 0 N–H and O–H groups in total. The third kappa shape index (κ3) is 1.83. The Kier molecular flexibility index (Phi) is 2.12. The van der Waals surface area contributed by atoms with Crippen molar-refractivity contribution >= 4 is 5.78 Å². The van der Waals surface area contributed by atoms with Crippen LogP contribution in [0.2, 0.25) is 0 Å². The first-order valence-corrected chi connectivity index (χ1v) is 4.10. The van der Waals surface area contributed by atoms with Crippen LogP contribution in [-0.4, -0.2) is 5.78 Å². The predicted octanol–water partition coefficient (Wildman–Crippen LogP) is 2.26. The summed E-state index contributed by atoms with van der Waals surface area (Å²) in [6.45, 7) is 6.17. The fourth-order valence-corrected chi connectivity index (χ4v) is 1.69. The lowest BCUT2D eigenvalue weighted by Crippen LogP contribution is -1.97. The SMILES string of the molecule is CC(=O)CC1CC1C(C)C. The summed E-state index contributed by atoms with van der Waals surface area (Å²) in [5.41, 5.74) is 0. The Morgan fingerprint density at radius 2 is 2.20 bits per heavy atom. The minimum absolute atomic E-state index is 0.355. The monoisotopic (exact) mass is 140 g/mol. The summed E-state index contributed by atoms with van der Waals surface area (Å²) in [5.74, 6) is 2.72. The van der Waals surface area contributed by atoms with E-state index in [1.54, 1.807) is 6.92 Å². The van der Waals surface area contributed by atoms with E-state index < -0.39 is 0 Å². The molecule has 1 rings (SSSR count). The zero-order valence-electron chi connectivity index (χ0n) is 7.05. The second kappa shape index (κ2) is 2.73. The zero-order chi connectivity index (χ0) is 7.72. The molecule has 0 bridgehead atoms. The van der Waals surface area contributed by atoms with Gasteiger partial charge < -0.3 is 4.79 Å². The van der Waals surface area contributed by atoms with Crippen molar-refractivity contribution in [3.05, 3.63) is 0 Å². The van der Waals surface area contributed by atoms with E-state index in [4.69, 9.17) is 0 Å². The maximum atomic E-state index is 10.7. The first kappa shape index (κ1) is 7.77. The van der Waals surface area contributed by atoms with Crippen LogP contribution in [0.3, 0.4) is 0 Å². The van der Waals surface area contributed by atoms with Gasteiger partial charge in [0.2, 0.25) is 0 Å². The van der Waals surface area contributed by atoms with Gasteiger partial charge in [-0.2, -0.15) is 0 Å². The third-order valence-electron chi connectivity index (χ3n) is 2.38. The van der Waals surface area contributed by atoms with E-state index >= 15 is 0 Å². The van der Waals surface area contributed by atoms with E-state index in [0.29, 0.717) is 5.78 Å². The Balaban J connectivity index is 2.19. The predicted molar refractivity (Wildman–Crippen MR) is 41.7 cm³/mol. The molecule has 0 aromatic heterocycles. The van der Waals surface area contributed by atoms with E-state index in [0.717, 1.165) is 24.2 Å². The standard InChI is InChI=1S/C9H16O/c1-6(2)9-5-8(9)4-7(3)10/h6,8-9H,4-5H2,1-3H3. The first-order chi connectivity index (χ1) is 4.61. The molecule has 1 heteroatoms. The van der Waals surface area contributed by atoms with Crippen molar-refractivity contribution in [3.8, 4) is 0 Å². The van der Waals surface area contributed by atoms with Crippen LogP contribution < -0.4 is 0 Å². The van der Waals surface area contributed by atoms with Gasteiger partial charge in [-0.1, -0.05) is 13.8 Å². The van der Waals surface area contributed by atoms with Crippen LogP contribution in [-0.2, 0) is 4.79 Å². The van der Waals surface area contributed by atoms with Gasteiger partial charge in [-0.25, -0.2) is 0 Å². The van der Waals surface area contributed by atoms with Crippen molar-refractivity contribution in [1.82, 2.24) is 0 Å². The molecule has 10 heavy (non-hydrogen) atoms. The molecule has 2 unspecified atom stereocenters. The van der Waals surface area contributed by atoms with Gasteiger partial charge in [-0.05, 0) is 31.1 Å². The third-order valence-corrected chi connectivity index (χ3v) is 2.38. The smallest absolute Gasteiger partial charge is 0.130 e. The molecule has 1 aliphatic carbocycles. The summed E-state index contributed by atoms with van der Waals surface area (Å²) in [6.07, 6.45) is 2.11. The number of rotatable bonds is 3. The van der Waals surface area contributed by atoms with E-state index in [-0.39, 0.29) is 0 Å². The van der Waals surface area contributed by atoms with Crippen LogP contribution in [0.5, 0.6) is 0 Å². The quantitative estimate of drug-likeness (QED) is 0.587. The van der Waals surface area contributed by atoms with Crippen LogP contribution in [0.4, 0.5) is 0 Å². The highest BCUT2D eigenvalue weighted by Crippen LogP contribution is 2.46. The van der Waals surface area contributed by atoms with Gasteiger partial charge in [0, 0.05) is 6.42 Å². The highest BCUT2D eigenvalue weighted by atomic mass is 16.1. The van der Waals surface area contributed by atoms with E-state index in [9.17, 15) is 4.79 Å².